The molecule has 0 aromatic rings. The van der Waals surface area contributed by atoms with Crippen molar-refractivity contribution in [2.75, 3.05) is 13.1 Å². The van der Waals surface area contributed by atoms with E-state index < -0.39 is 51.9 Å². The van der Waals surface area contributed by atoms with Crippen LogP contribution in [-0.4, -0.2) is 41.6 Å². The van der Waals surface area contributed by atoms with Crippen LogP contribution in [0.3, 0.4) is 0 Å². The predicted octanol–water partition coefficient (Wildman–Crippen LogP) is 3.34. The number of hydrogen-bond acceptors (Lipinski definition) is 3. The maximum atomic E-state index is 12.7. The van der Waals surface area contributed by atoms with E-state index in [0.29, 0.717) is 6.54 Å². The minimum Gasteiger partial charge on any atom is -0.334 e. The van der Waals surface area contributed by atoms with Crippen LogP contribution < -0.4 is 0 Å². The average Bonchev–Trinajstić information content (AvgIpc) is 2.89. The zero-order valence-corrected chi connectivity index (χ0v) is 15.1. The standard InChI is InChI=1S/C17H21ClF3NO3/c1-4-5-6-22-8-10(23)12(15(22)25)14(24)13-9(16(13,2)3)7-11(18)17(19,20)21/h7,9,12-13H,4-6,8H2,1-3H3/b11-7-. The van der Waals surface area contributed by atoms with Crippen LogP contribution in [0.1, 0.15) is 33.6 Å². The highest BCUT2D eigenvalue weighted by atomic mass is 35.5. The maximum absolute atomic E-state index is 12.7. The van der Waals surface area contributed by atoms with Gasteiger partial charge in [0, 0.05) is 12.5 Å². The summed E-state index contributed by atoms with van der Waals surface area (Å²) in [6.45, 7) is 5.51. The van der Waals surface area contributed by atoms with E-state index in [0.717, 1.165) is 18.9 Å². The monoisotopic (exact) mass is 379 g/mol. The largest absolute Gasteiger partial charge is 0.426 e. The summed E-state index contributed by atoms with van der Waals surface area (Å²) < 4.78 is 37.8. The van der Waals surface area contributed by atoms with Crippen molar-refractivity contribution in [3.63, 3.8) is 0 Å². The van der Waals surface area contributed by atoms with Gasteiger partial charge in [-0.05, 0) is 17.8 Å². The third kappa shape index (κ3) is 3.76. The van der Waals surface area contributed by atoms with Crippen LogP contribution in [0.25, 0.3) is 0 Å². The molecule has 25 heavy (non-hydrogen) atoms. The van der Waals surface area contributed by atoms with Crippen LogP contribution in [0.5, 0.6) is 0 Å². The summed E-state index contributed by atoms with van der Waals surface area (Å²) in [5.74, 6) is -4.53. The van der Waals surface area contributed by atoms with Gasteiger partial charge >= 0.3 is 6.18 Å². The summed E-state index contributed by atoms with van der Waals surface area (Å²) >= 11 is 5.27. The molecule has 1 amide bonds. The van der Waals surface area contributed by atoms with Gasteiger partial charge < -0.3 is 4.90 Å². The Morgan fingerprint density at radius 1 is 1.36 bits per heavy atom. The molecule has 2 fully saturated rings. The lowest BCUT2D eigenvalue weighted by Crippen LogP contribution is -2.33. The summed E-state index contributed by atoms with van der Waals surface area (Å²) in [6, 6.07) is 0. The number of ketones is 2. The number of rotatable bonds is 6. The molecule has 1 aliphatic heterocycles. The number of allylic oxidation sites excluding steroid dienone is 2. The molecule has 0 bridgehead atoms. The fraction of sp³-hybridized carbons (Fsp3) is 0.706. The molecule has 2 rings (SSSR count). The van der Waals surface area contributed by atoms with Crippen molar-refractivity contribution < 1.29 is 27.6 Å². The molecule has 1 aliphatic carbocycles. The zero-order chi connectivity index (χ0) is 19.2. The third-order valence-corrected chi connectivity index (χ3v) is 5.45. The lowest BCUT2D eigenvalue weighted by atomic mass is 9.94. The number of unbranched alkanes of at least 4 members (excludes halogenated alkanes) is 1. The van der Waals surface area contributed by atoms with Crippen LogP contribution >= 0.6 is 11.6 Å². The van der Waals surface area contributed by atoms with Crippen molar-refractivity contribution in [1.82, 2.24) is 4.90 Å². The topological polar surface area (TPSA) is 54.5 Å². The highest BCUT2D eigenvalue weighted by Gasteiger charge is 2.64. The molecule has 1 saturated carbocycles. The van der Waals surface area contributed by atoms with Crippen molar-refractivity contribution in [1.29, 1.82) is 0 Å². The molecular formula is C17H21ClF3NO3. The second-order valence-corrected chi connectivity index (χ2v) is 7.66. The number of hydrogen-bond donors (Lipinski definition) is 0. The first-order chi connectivity index (χ1) is 11.4. The molecule has 2 aliphatic rings. The number of Topliss-reactive ketones (excluding diaryl/α,β-unsaturated/α-hetero) is 2. The fourth-order valence-corrected chi connectivity index (χ4v) is 3.60. The molecule has 0 radical (unpaired) electrons. The van der Waals surface area contributed by atoms with Gasteiger partial charge in [-0.15, -0.1) is 0 Å². The van der Waals surface area contributed by atoms with Crippen LogP contribution in [-0.2, 0) is 14.4 Å². The SMILES string of the molecule is CCCCN1CC(=O)C(C(=O)C2C(/C=C(\Cl)C(F)(F)F)C2(C)C)C1=O. The molecule has 1 saturated heterocycles. The Labute approximate surface area is 149 Å². The van der Waals surface area contributed by atoms with E-state index in [4.69, 9.17) is 11.6 Å². The van der Waals surface area contributed by atoms with Gasteiger partial charge in [0.05, 0.1) is 6.54 Å². The van der Waals surface area contributed by atoms with E-state index in [2.05, 4.69) is 0 Å². The highest BCUT2D eigenvalue weighted by molar-refractivity contribution is 6.30. The van der Waals surface area contributed by atoms with Gasteiger partial charge in [-0.2, -0.15) is 13.2 Å². The summed E-state index contributed by atoms with van der Waals surface area (Å²) in [5, 5.41) is -1.28. The van der Waals surface area contributed by atoms with Gasteiger partial charge in [0.25, 0.3) is 0 Å². The molecule has 0 aromatic heterocycles. The predicted molar refractivity (Wildman–Crippen MR) is 85.7 cm³/mol. The van der Waals surface area contributed by atoms with Crippen molar-refractivity contribution in [2.45, 2.75) is 39.8 Å². The Morgan fingerprint density at radius 2 is 1.96 bits per heavy atom. The van der Waals surface area contributed by atoms with Gasteiger partial charge in [-0.3, -0.25) is 14.4 Å². The molecule has 0 spiro atoms. The number of nitrogens with zero attached hydrogens (tertiary/aromatic N) is 1. The lowest BCUT2D eigenvalue weighted by molar-refractivity contribution is -0.139. The molecule has 0 aromatic carbocycles. The van der Waals surface area contributed by atoms with Gasteiger partial charge in [-0.1, -0.05) is 44.9 Å². The smallest absolute Gasteiger partial charge is 0.334 e. The number of likely N-dealkylation sites (tertiary alicyclic amines) is 1. The molecular weight excluding hydrogens is 359 g/mol. The zero-order valence-electron chi connectivity index (χ0n) is 14.3. The second kappa shape index (κ2) is 6.74. The van der Waals surface area contributed by atoms with E-state index in [-0.39, 0.29) is 6.54 Å². The normalized spacial score (nSPS) is 29.3. The van der Waals surface area contributed by atoms with Gasteiger partial charge in [-0.25, -0.2) is 0 Å². The molecule has 140 valence electrons. The minimum absolute atomic E-state index is 0.105. The molecule has 4 nitrogen and oxygen atoms in total. The molecule has 1 heterocycles. The van der Waals surface area contributed by atoms with Gasteiger partial charge in [0.15, 0.2) is 17.5 Å². The van der Waals surface area contributed by atoms with Crippen molar-refractivity contribution in [3.05, 3.63) is 11.1 Å². The number of carbonyl (C=O) groups is 3. The lowest BCUT2D eigenvalue weighted by Gasteiger charge is -2.14. The van der Waals surface area contributed by atoms with Gasteiger partial charge in [0.1, 0.15) is 5.03 Å². The van der Waals surface area contributed by atoms with E-state index in [9.17, 15) is 27.6 Å². The number of carbonyl (C=O) groups excluding carboxylic acids is 3. The third-order valence-electron chi connectivity index (χ3n) is 5.11. The first kappa shape index (κ1) is 19.9. The molecule has 3 unspecified atom stereocenters. The Hall–Kier alpha value is -1.37. The molecule has 0 N–H and O–H groups in total. The number of amides is 1. The first-order valence-corrected chi connectivity index (χ1v) is 8.60. The first-order valence-electron chi connectivity index (χ1n) is 8.22. The Morgan fingerprint density at radius 3 is 2.48 bits per heavy atom. The minimum atomic E-state index is -4.68. The van der Waals surface area contributed by atoms with Crippen LogP contribution in [0.4, 0.5) is 13.2 Å². The Kier molecular flexibility index (Phi) is 5.38. The van der Waals surface area contributed by atoms with E-state index in [1.54, 1.807) is 13.8 Å². The average molecular weight is 380 g/mol. The highest BCUT2D eigenvalue weighted by Crippen LogP contribution is 2.61. The van der Waals surface area contributed by atoms with E-state index >= 15 is 0 Å². The second-order valence-electron chi connectivity index (χ2n) is 7.25. The summed E-state index contributed by atoms with van der Waals surface area (Å²) in [7, 11) is 0. The number of halogens is 4. The Bertz CT molecular complexity index is 627. The van der Waals surface area contributed by atoms with Gasteiger partial charge in [0.2, 0.25) is 5.91 Å². The molecule has 3 atom stereocenters. The fourth-order valence-electron chi connectivity index (χ4n) is 3.46. The van der Waals surface area contributed by atoms with Crippen LogP contribution in [0, 0.1) is 23.2 Å². The maximum Gasteiger partial charge on any atom is 0.426 e. The van der Waals surface area contributed by atoms with Crippen molar-refractivity contribution in [3.8, 4) is 0 Å². The van der Waals surface area contributed by atoms with Crippen molar-refractivity contribution >= 4 is 29.1 Å². The summed E-state index contributed by atoms with van der Waals surface area (Å²) in [5.41, 5.74) is -0.764. The quantitative estimate of drug-likeness (QED) is 0.665. The number of alkyl halides is 3. The van der Waals surface area contributed by atoms with E-state index in [1.807, 2.05) is 6.92 Å². The van der Waals surface area contributed by atoms with Crippen LogP contribution in [0.15, 0.2) is 11.1 Å². The molecule has 8 heteroatoms. The van der Waals surface area contributed by atoms with Crippen molar-refractivity contribution in [2.24, 2.45) is 23.2 Å². The van der Waals surface area contributed by atoms with Crippen LogP contribution in [0.2, 0.25) is 0 Å². The van der Waals surface area contributed by atoms with E-state index in [1.165, 1.54) is 4.90 Å². The summed E-state index contributed by atoms with van der Waals surface area (Å²) in [4.78, 5) is 38.5. The Balaban J connectivity index is 2.15. The summed E-state index contributed by atoms with van der Waals surface area (Å²) in [6.07, 6.45) is -2.29.